The van der Waals surface area contributed by atoms with Crippen molar-refractivity contribution in [3.63, 3.8) is 0 Å². The third-order valence-electron chi connectivity index (χ3n) is 6.59. The average molecular weight is 436 g/mol. The van der Waals surface area contributed by atoms with Crippen LogP contribution in [-0.4, -0.2) is 88.3 Å². The first-order valence-corrected chi connectivity index (χ1v) is 11.2. The fraction of sp³-hybridized carbons (Fsp3) is 0.800. The van der Waals surface area contributed by atoms with Crippen molar-refractivity contribution in [3.8, 4) is 0 Å². The van der Waals surface area contributed by atoms with Crippen LogP contribution in [0.1, 0.15) is 52.4 Å². The maximum Gasteiger partial charge on any atom is 0.475 e. The van der Waals surface area contributed by atoms with Gasteiger partial charge in [-0.05, 0) is 31.6 Å². The lowest BCUT2D eigenvalue weighted by Gasteiger charge is -2.26. The van der Waals surface area contributed by atoms with Gasteiger partial charge in [0.05, 0.1) is 12.0 Å². The van der Waals surface area contributed by atoms with Gasteiger partial charge in [-0.25, -0.2) is 0 Å². The van der Waals surface area contributed by atoms with Gasteiger partial charge in [-0.1, -0.05) is 13.8 Å². The first-order valence-electron chi connectivity index (χ1n) is 11.2. The number of rotatable bonds is 8. The largest absolute Gasteiger partial charge is 0.475 e. The summed E-state index contributed by atoms with van der Waals surface area (Å²) in [5.74, 6) is -1.38. The summed E-state index contributed by atoms with van der Waals surface area (Å²) in [6.07, 6.45) is 2.59. The molecule has 0 aliphatic carbocycles. The molecule has 0 aromatic heterocycles. The lowest BCUT2D eigenvalue weighted by atomic mass is 9.77. The zero-order valence-corrected chi connectivity index (χ0v) is 18.2. The second kappa shape index (κ2) is 10.1. The molecule has 3 saturated heterocycles. The predicted molar refractivity (Wildman–Crippen MR) is 112 cm³/mol. The van der Waals surface area contributed by atoms with E-state index < -0.39 is 19.1 Å². The molecule has 0 aromatic rings. The van der Waals surface area contributed by atoms with Crippen LogP contribution >= 0.6 is 0 Å². The highest BCUT2D eigenvalue weighted by Gasteiger charge is 2.42. The monoisotopic (exact) mass is 436 g/mol. The maximum atomic E-state index is 12.7. The Hall–Kier alpha value is -1.98. The molecule has 2 unspecified atom stereocenters. The van der Waals surface area contributed by atoms with Gasteiger partial charge in [0.25, 0.3) is 0 Å². The summed E-state index contributed by atoms with van der Waals surface area (Å²) < 4.78 is 0. The molecule has 31 heavy (non-hydrogen) atoms. The number of nitrogens with zero attached hydrogens (tertiary/aromatic N) is 2. The Bertz CT molecular complexity index is 718. The molecule has 4 N–H and O–H groups in total. The van der Waals surface area contributed by atoms with Crippen LogP contribution in [0.25, 0.3) is 0 Å². The Kier molecular flexibility index (Phi) is 7.71. The van der Waals surface area contributed by atoms with Gasteiger partial charge in [-0.15, -0.1) is 0 Å². The minimum absolute atomic E-state index is 0.117. The molecular formula is C20H33BN4O6. The molecule has 3 aliphatic rings. The number of imide groups is 1. The molecule has 3 fully saturated rings. The molecular weight excluding hydrogens is 403 g/mol. The Morgan fingerprint density at radius 2 is 2.03 bits per heavy atom. The summed E-state index contributed by atoms with van der Waals surface area (Å²) in [4.78, 5) is 52.2. The van der Waals surface area contributed by atoms with E-state index in [-0.39, 0.29) is 60.9 Å². The molecule has 3 rings (SSSR count). The highest BCUT2D eigenvalue weighted by molar-refractivity contribution is 6.43. The van der Waals surface area contributed by atoms with E-state index in [0.29, 0.717) is 32.4 Å². The quantitative estimate of drug-likeness (QED) is 0.273. The van der Waals surface area contributed by atoms with Gasteiger partial charge in [0.1, 0.15) is 0 Å². The summed E-state index contributed by atoms with van der Waals surface area (Å²) >= 11 is 0. The van der Waals surface area contributed by atoms with Crippen LogP contribution in [0.15, 0.2) is 0 Å². The molecule has 0 radical (unpaired) electrons. The van der Waals surface area contributed by atoms with E-state index in [1.165, 1.54) is 9.80 Å². The van der Waals surface area contributed by atoms with Crippen LogP contribution in [-0.2, 0) is 19.2 Å². The van der Waals surface area contributed by atoms with Crippen molar-refractivity contribution in [1.29, 1.82) is 0 Å². The maximum absolute atomic E-state index is 12.7. The van der Waals surface area contributed by atoms with Crippen molar-refractivity contribution in [3.05, 3.63) is 0 Å². The number of hydrogen-bond acceptors (Lipinski definition) is 7. The van der Waals surface area contributed by atoms with Crippen LogP contribution in [0.5, 0.6) is 0 Å². The highest BCUT2D eigenvalue weighted by Crippen LogP contribution is 2.26. The van der Waals surface area contributed by atoms with Crippen LogP contribution < -0.4 is 10.6 Å². The van der Waals surface area contributed by atoms with Crippen molar-refractivity contribution >= 4 is 30.7 Å². The summed E-state index contributed by atoms with van der Waals surface area (Å²) in [5, 5.41) is 24.9. The molecule has 0 spiro atoms. The fourth-order valence-corrected chi connectivity index (χ4v) is 4.77. The van der Waals surface area contributed by atoms with Gasteiger partial charge < -0.3 is 25.6 Å². The van der Waals surface area contributed by atoms with Crippen LogP contribution in [0, 0.1) is 11.8 Å². The van der Waals surface area contributed by atoms with Gasteiger partial charge in [-0.3, -0.25) is 24.1 Å². The van der Waals surface area contributed by atoms with Crippen molar-refractivity contribution in [2.75, 3.05) is 19.6 Å². The minimum Gasteiger partial charge on any atom is -0.426 e. The summed E-state index contributed by atoms with van der Waals surface area (Å²) in [5.41, 5.74) is 0. The van der Waals surface area contributed by atoms with Crippen LogP contribution in [0.2, 0.25) is 0 Å². The zero-order chi connectivity index (χ0) is 22.7. The third kappa shape index (κ3) is 5.45. The zero-order valence-electron chi connectivity index (χ0n) is 18.2. The SMILES string of the molecule is CC(C)C1CC(=O)N(CCCC(=O)NC2CN[C@H](C(=O)N3CCC[C@H]3B(O)O)C2)C1=O. The smallest absolute Gasteiger partial charge is 0.426 e. The first kappa shape index (κ1) is 23.7. The molecule has 3 aliphatic heterocycles. The second-order valence-electron chi connectivity index (χ2n) is 9.16. The molecule has 11 heteroatoms. The van der Waals surface area contributed by atoms with E-state index in [4.69, 9.17) is 0 Å². The van der Waals surface area contributed by atoms with Gasteiger partial charge in [0.2, 0.25) is 23.6 Å². The van der Waals surface area contributed by atoms with E-state index in [2.05, 4.69) is 10.6 Å². The van der Waals surface area contributed by atoms with E-state index in [0.717, 1.165) is 6.42 Å². The van der Waals surface area contributed by atoms with E-state index in [1.54, 1.807) is 0 Å². The molecule has 10 nitrogen and oxygen atoms in total. The number of carbonyl (C=O) groups excluding carboxylic acids is 4. The first-order chi connectivity index (χ1) is 14.7. The summed E-state index contributed by atoms with van der Waals surface area (Å²) in [6.45, 7) is 5.06. The van der Waals surface area contributed by atoms with Crippen molar-refractivity contribution in [2.45, 2.75) is 70.4 Å². The molecule has 0 bridgehead atoms. The number of nitrogens with one attached hydrogen (secondary N) is 2. The third-order valence-corrected chi connectivity index (χ3v) is 6.59. The highest BCUT2D eigenvalue weighted by atomic mass is 16.4. The Balaban J connectivity index is 1.39. The van der Waals surface area contributed by atoms with E-state index >= 15 is 0 Å². The number of amides is 4. The molecule has 4 amide bonds. The predicted octanol–water partition coefficient (Wildman–Crippen LogP) is -1.35. The second-order valence-corrected chi connectivity index (χ2v) is 9.16. The van der Waals surface area contributed by atoms with Gasteiger partial charge in [0.15, 0.2) is 0 Å². The van der Waals surface area contributed by atoms with Gasteiger partial charge in [0, 0.05) is 44.4 Å². The topological polar surface area (TPSA) is 139 Å². The average Bonchev–Trinajstić information content (AvgIpc) is 3.42. The molecule has 172 valence electrons. The van der Waals surface area contributed by atoms with Gasteiger partial charge in [-0.2, -0.15) is 0 Å². The van der Waals surface area contributed by atoms with Crippen LogP contribution in [0.4, 0.5) is 0 Å². The normalized spacial score (nSPS) is 28.7. The number of hydrogen-bond donors (Lipinski definition) is 4. The lowest BCUT2D eigenvalue weighted by Crippen LogP contribution is -2.51. The Labute approximate surface area is 182 Å². The molecule has 0 saturated carbocycles. The summed E-state index contributed by atoms with van der Waals surface area (Å²) in [7, 11) is -1.55. The van der Waals surface area contributed by atoms with Crippen molar-refractivity contribution < 1.29 is 29.2 Å². The molecule has 3 heterocycles. The lowest BCUT2D eigenvalue weighted by molar-refractivity contribution is -0.140. The molecule has 4 atom stereocenters. The number of likely N-dealkylation sites (tertiary alicyclic amines) is 2. The van der Waals surface area contributed by atoms with E-state index in [9.17, 15) is 29.2 Å². The summed E-state index contributed by atoms with van der Waals surface area (Å²) in [6, 6.07) is -0.653. The standard InChI is InChI=1S/C20H33BN4O6/c1-12(2)14-10-18(27)25(19(14)28)8-4-6-17(26)23-13-9-15(22-11-13)20(29)24-7-3-5-16(24)21(30)31/h12-16,22,30-31H,3-11H2,1-2H3,(H,23,26)/t13?,14?,15-,16-/m0/s1. The van der Waals surface area contributed by atoms with Gasteiger partial charge >= 0.3 is 7.12 Å². The minimum atomic E-state index is -1.55. The van der Waals surface area contributed by atoms with Crippen molar-refractivity contribution in [1.82, 2.24) is 20.4 Å². The Morgan fingerprint density at radius 3 is 2.68 bits per heavy atom. The fourth-order valence-electron chi connectivity index (χ4n) is 4.77. The molecule has 0 aromatic carbocycles. The van der Waals surface area contributed by atoms with E-state index in [1.807, 2.05) is 13.8 Å². The number of carbonyl (C=O) groups is 4. The van der Waals surface area contributed by atoms with Crippen LogP contribution in [0.3, 0.4) is 0 Å². The van der Waals surface area contributed by atoms with Crippen molar-refractivity contribution in [2.24, 2.45) is 11.8 Å². The Morgan fingerprint density at radius 1 is 1.29 bits per heavy atom.